The third-order valence-corrected chi connectivity index (χ3v) is 3.75. The predicted molar refractivity (Wildman–Crippen MR) is 89.4 cm³/mol. The molecule has 1 heterocycles. The fraction of sp³-hybridized carbons (Fsp3) is 0.0833. The molecule has 0 saturated carbocycles. The number of rotatable bonds is 4. The number of methoxy groups -OCH3 is 1. The third-order valence-electron chi connectivity index (χ3n) is 2.43. The fourth-order valence-electron chi connectivity index (χ4n) is 1.54. The van der Waals surface area contributed by atoms with Gasteiger partial charge in [0.15, 0.2) is 0 Å². The number of carbonyl (C=O) groups excluding carboxylic acids is 1. The van der Waals surface area contributed by atoms with Crippen molar-refractivity contribution in [3.63, 3.8) is 0 Å². The van der Waals surface area contributed by atoms with Crippen molar-refractivity contribution >= 4 is 57.9 Å². The van der Waals surface area contributed by atoms with Gasteiger partial charge in [-0.2, -0.15) is 10.2 Å². The van der Waals surface area contributed by atoms with Gasteiger partial charge in [0.1, 0.15) is 11.4 Å². The summed E-state index contributed by atoms with van der Waals surface area (Å²) >= 11 is 13.9. The Labute approximate surface area is 144 Å². The van der Waals surface area contributed by atoms with Gasteiger partial charge in [0.05, 0.1) is 28.1 Å². The maximum atomic E-state index is 11.8. The summed E-state index contributed by atoms with van der Waals surface area (Å²) in [5.74, 6) is 0.0235. The van der Waals surface area contributed by atoms with Gasteiger partial charge in [-0.05, 0) is 34.7 Å². The van der Waals surface area contributed by atoms with E-state index in [1.54, 1.807) is 18.3 Å². The van der Waals surface area contributed by atoms with Gasteiger partial charge in [-0.15, -0.1) is 0 Å². The largest absolute Gasteiger partial charge is 0.495 e. The van der Waals surface area contributed by atoms with Crippen molar-refractivity contribution in [2.24, 2.45) is 5.10 Å². The molecule has 0 saturated heterocycles. The van der Waals surface area contributed by atoms with Crippen LogP contribution >= 0.6 is 45.8 Å². The third kappa shape index (κ3) is 3.86. The number of halogens is 3. The zero-order valence-electron chi connectivity index (χ0n) is 10.7. The van der Waals surface area contributed by atoms with Crippen molar-refractivity contribution in [3.05, 3.63) is 43.2 Å². The summed E-state index contributed by atoms with van der Waals surface area (Å²) < 4.78 is 5.87. The van der Waals surface area contributed by atoms with Crippen molar-refractivity contribution in [1.82, 2.24) is 15.6 Å². The molecule has 2 N–H and O–H groups in total. The summed E-state index contributed by atoms with van der Waals surface area (Å²) in [4.78, 5) is 11.8. The van der Waals surface area contributed by atoms with Crippen LogP contribution in [-0.4, -0.2) is 29.4 Å². The first-order valence-electron chi connectivity index (χ1n) is 5.58. The highest BCUT2D eigenvalue weighted by Gasteiger charge is 2.11. The van der Waals surface area contributed by atoms with Crippen LogP contribution in [0.1, 0.15) is 16.1 Å². The van der Waals surface area contributed by atoms with Gasteiger partial charge in [-0.3, -0.25) is 9.89 Å². The van der Waals surface area contributed by atoms with Crippen LogP contribution in [0.2, 0.25) is 10.0 Å². The molecule has 2 rings (SSSR count). The van der Waals surface area contributed by atoms with Crippen LogP contribution in [0.4, 0.5) is 0 Å². The monoisotopic (exact) mass is 438 g/mol. The van der Waals surface area contributed by atoms with Crippen LogP contribution in [0.5, 0.6) is 5.75 Å². The molecule has 0 spiro atoms. The van der Waals surface area contributed by atoms with E-state index in [2.05, 4.69) is 20.7 Å². The maximum absolute atomic E-state index is 11.8. The Balaban J connectivity index is 2.15. The first kappa shape index (κ1) is 16.1. The molecule has 1 aromatic carbocycles. The smallest absolute Gasteiger partial charge is 0.290 e. The summed E-state index contributed by atoms with van der Waals surface area (Å²) in [5.41, 5.74) is 3.26. The molecule has 0 aliphatic carbocycles. The van der Waals surface area contributed by atoms with Crippen molar-refractivity contribution < 1.29 is 9.53 Å². The molecular weight excluding hydrogens is 430 g/mol. The van der Waals surface area contributed by atoms with Gasteiger partial charge in [-0.25, -0.2) is 5.43 Å². The van der Waals surface area contributed by atoms with E-state index in [0.717, 1.165) is 0 Å². The Morgan fingerprint density at radius 1 is 1.52 bits per heavy atom. The Morgan fingerprint density at radius 3 is 2.90 bits per heavy atom. The van der Waals surface area contributed by atoms with Crippen molar-refractivity contribution in [3.8, 4) is 5.75 Å². The lowest BCUT2D eigenvalue weighted by Gasteiger charge is -2.07. The van der Waals surface area contributed by atoms with E-state index in [0.29, 0.717) is 30.6 Å². The molecule has 21 heavy (non-hydrogen) atoms. The van der Waals surface area contributed by atoms with E-state index in [1.807, 2.05) is 22.6 Å². The number of nitrogens with zero attached hydrogens (tertiary/aromatic N) is 2. The first-order valence-corrected chi connectivity index (χ1v) is 7.41. The van der Waals surface area contributed by atoms with Gasteiger partial charge >= 0.3 is 0 Å². The van der Waals surface area contributed by atoms with E-state index in [9.17, 15) is 4.79 Å². The van der Waals surface area contributed by atoms with E-state index in [1.165, 1.54) is 13.3 Å². The number of benzene rings is 1. The minimum Gasteiger partial charge on any atom is -0.495 e. The second kappa shape index (κ2) is 7.10. The summed E-state index contributed by atoms with van der Waals surface area (Å²) in [7, 11) is 1.48. The van der Waals surface area contributed by atoms with Crippen LogP contribution in [0.15, 0.2) is 23.4 Å². The number of aromatic nitrogens is 2. The van der Waals surface area contributed by atoms with Crippen molar-refractivity contribution in [1.29, 1.82) is 0 Å². The molecule has 6 nitrogen and oxygen atoms in total. The zero-order chi connectivity index (χ0) is 15.4. The fourth-order valence-corrected chi connectivity index (χ4v) is 2.63. The Kier molecular flexibility index (Phi) is 5.43. The van der Waals surface area contributed by atoms with E-state index in [-0.39, 0.29) is 0 Å². The summed E-state index contributed by atoms with van der Waals surface area (Å²) in [6, 6.07) is 3.19. The Morgan fingerprint density at radius 2 is 2.29 bits per heavy atom. The summed E-state index contributed by atoms with van der Waals surface area (Å²) in [6.07, 6.45) is 2.94. The zero-order valence-corrected chi connectivity index (χ0v) is 14.3. The molecule has 0 unspecified atom stereocenters. The summed E-state index contributed by atoms with van der Waals surface area (Å²) in [5, 5.41) is 11.0. The average Bonchev–Trinajstić information content (AvgIpc) is 2.84. The van der Waals surface area contributed by atoms with Gasteiger partial charge < -0.3 is 4.74 Å². The number of hydrogen-bond acceptors (Lipinski definition) is 4. The normalized spacial score (nSPS) is 10.9. The number of aromatic amines is 1. The minimum atomic E-state index is -0.403. The van der Waals surface area contributed by atoms with Crippen LogP contribution < -0.4 is 10.2 Å². The number of hydrazone groups is 1. The number of ether oxygens (including phenoxy) is 1. The number of H-pyrrole nitrogens is 1. The van der Waals surface area contributed by atoms with E-state index >= 15 is 0 Å². The molecular formula is C12H9Cl2IN4O2. The topological polar surface area (TPSA) is 79.4 Å². The number of nitrogens with one attached hydrogen (secondary N) is 2. The Hall–Kier alpha value is -1.32. The van der Waals surface area contributed by atoms with Crippen LogP contribution in [-0.2, 0) is 0 Å². The van der Waals surface area contributed by atoms with Crippen LogP contribution in [0.3, 0.4) is 0 Å². The standard InChI is InChI=1S/C12H9Cl2IN4O2/c1-21-11-6(2-7(13)3-8(11)14)4-16-19-12(20)10-9(15)5-17-18-10/h2-5H,1H3,(H,17,18)(H,19,20). The molecule has 0 fully saturated rings. The number of hydrogen-bond donors (Lipinski definition) is 2. The summed E-state index contributed by atoms with van der Waals surface area (Å²) in [6.45, 7) is 0. The molecule has 0 aliphatic heterocycles. The lowest BCUT2D eigenvalue weighted by atomic mass is 10.2. The van der Waals surface area contributed by atoms with Gasteiger partial charge in [-0.1, -0.05) is 23.2 Å². The molecule has 0 bridgehead atoms. The van der Waals surface area contributed by atoms with E-state index < -0.39 is 5.91 Å². The molecule has 1 aromatic heterocycles. The second-order valence-corrected chi connectivity index (χ2v) is 5.81. The van der Waals surface area contributed by atoms with Crippen LogP contribution in [0.25, 0.3) is 0 Å². The molecule has 2 aromatic rings. The molecule has 9 heteroatoms. The van der Waals surface area contributed by atoms with E-state index in [4.69, 9.17) is 27.9 Å². The van der Waals surface area contributed by atoms with Crippen molar-refractivity contribution in [2.75, 3.05) is 7.11 Å². The minimum absolute atomic E-state index is 0.337. The molecule has 0 radical (unpaired) electrons. The second-order valence-electron chi connectivity index (χ2n) is 3.80. The average molecular weight is 439 g/mol. The maximum Gasteiger partial charge on any atom is 0.290 e. The number of amides is 1. The number of carbonyl (C=O) groups is 1. The lowest BCUT2D eigenvalue weighted by molar-refractivity contribution is 0.0949. The SMILES string of the molecule is COc1c(Cl)cc(Cl)cc1C=NNC(=O)c1[nH]ncc1I. The highest BCUT2D eigenvalue weighted by Crippen LogP contribution is 2.31. The van der Waals surface area contributed by atoms with Gasteiger partial charge in [0, 0.05) is 10.6 Å². The highest BCUT2D eigenvalue weighted by molar-refractivity contribution is 14.1. The van der Waals surface area contributed by atoms with Gasteiger partial charge in [0.2, 0.25) is 0 Å². The van der Waals surface area contributed by atoms with Crippen LogP contribution in [0, 0.1) is 3.57 Å². The van der Waals surface area contributed by atoms with Gasteiger partial charge in [0.25, 0.3) is 5.91 Å². The lowest BCUT2D eigenvalue weighted by Crippen LogP contribution is -2.19. The van der Waals surface area contributed by atoms with Crippen molar-refractivity contribution in [2.45, 2.75) is 0 Å². The molecule has 110 valence electrons. The first-order chi connectivity index (χ1) is 10.0. The predicted octanol–water partition coefficient (Wildman–Crippen LogP) is 3.09. The highest BCUT2D eigenvalue weighted by atomic mass is 127. The Bertz CT molecular complexity index is 703. The quantitative estimate of drug-likeness (QED) is 0.437. The molecule has 0 aliphatic rings. The molecule has 0 atom stereocenters. The molecule has 1 amide bonds.